The fraction of sp³-hybridized carbons (Fsp3) is 0.867. The largest absolute Gasteiger partial charge is 0.376 e. The van der Waals surface area contributed by atoms with E-state index in [4.69, 9.17) is 9.47 Å². The van der Waals surface area contributed by atoms with E-state index in [1.54, 1.807) is 23.6 Å². The van der Waals surface area contributed by atoms with E-state index >= 15 is 0 Å². The molecule has 21 heavy (non-hydrogen) atoms. The fourth-order valence-corrected chi connectivity index (χ4v) is 2.76. The van der Waals surface area contributed by atoms with Gasteiger partial charge in [0.15, 0.2) is 0 Å². The van der Waals surface area contributed by atoms with Crippen LogP contribution >= 0.6 is 0 Å². The van der Waals surface area contributed by atoms with Crippen molar-refractivity contribution in [3.8, 4) is 0 Å². The minimum absolute atomic E-state index is 0.00834. The van der Waals surface area contributed by atoms with Crippen LogP contribution in [0.25, 0.3) is 0 Å². The third-order valence-electron chi connectivity index (χ3n) is 4.19. The number of ether oxygens (including phenoxy) is 2. The lowest BCUT2D eigenvalue weighted by Crippen LogP contribution is -2.52. The average Bonchev–Trinajstić information content (AvgIpc) is 2.53. The standard InChI is InChI=1S/C15H26N2O4/c1-12(21-11-14-5-3-4-10-20-14)15(19)17-8-6-16(7-9-17)13(2)18/h12,14H,3-11H2,1-2H3. The Hall–Kier alpha value is -1.14. The molecule has 120 valence electrons. The summed E-state index contributed by atoms with van der Waals surface area (Å²) in [6.45, 7) is 7.04. The van der Waals surface area contributed by atoms with Gasteiger partial charge in [-0.05, 0) is 26.2 Å². The first-order valence-corrected chi connectivity index (χ1v) is 7.85. The molecule has 6 nitrogen and oxygen atoms in total. The molecule has 0 saturated carbocycles. The topological polar surface area (TPSA) is 59.1 Å². The summed E-state index contributed by atoms with van der Waals surface area (Å²) in [6.07, 6.45) is 2.98. The van der Waals surface area contributed by atoms with Crippen molar-refractivity contribution >= 4 is 11.8 Å². The van der Waals surface area contributed by atoms with Crippen LogP contribution in [0.2, 0.25) is 0 Å². The first-order chi connectivity index (χ1) is 10.1. The summed E-state index contributed by atoms with van der Waals surface area (Å²) in [5.41, 5.74) is 0. The lowest BCUT2D eigenvalue weighted by molar-refractivity contribution is -0.149. The van der Waals surface area contributed by atoms with Crippen molar-refractivity contribution in [2.75, 3.05) is 39.4 Å². The van der Waals surface area contributed by atoms with Gasteiger partial charge in [0.25, 0.3) is 5.91 Å². The Morgan fingerprint density at radius 1 is 1.19 bits per heavy atom. The zero-order valence-corrected chi connectivity index (χ0v) is 13.0. The molecular formula is C15H26N2O4. The minimum Gasteiger partial charge on any atom is -0.376 e. The summed E-state index contributed by atoms with van der Waals surface area (Å²) in [4.78, 5) is 27.1. The zero-order chi connectivity index (χ0) is 15.2. The maximum atomic E-state index is 12.3. The molecule has 2 aliphatic heterocycles. The molecule has 2 aliphatic rings. The Kier molecular flexibility index (Phi) is 5.99. The van der Waals surface area contributed by atoms with Crippen molar-refractivity contribution in [2.24, 2.45) is 0 Å². The summed E-state index contributed by atoms with van der Waals surface area (Å²) in [6, 6.07) is 0. The SMILES string of the molecule is CC(=O)N1CCN(C(=O)C(C)OCC2CCCCO2)CC1. The fourth-order valence-electron chi connectivity index (χ4n) is 2.76. The molecule has 0 aromatic carbocycles. The molecule has 2 amide bonds. The van der Waals surface area contributed by atoms with E-state index in [9.17, 15) is 9.59 Å². The smallest absolute Gasteiger partial charge is 0.251 e. The van der Waals surface area contributed by atoms with Crippen molar-refractivity contribution in [2.45, 2.75) is 45.3 Å². The van der Waals surface area contributed by atoms with Gasteiger partial charge in [-0.15, -0.1) is 0 Å². The van der Waals surface area contributed by atoms with Crippen molar-refractivity contribution in [3.05, 3.63) is 0 Å². The molecule has 0 aromatic heterocycles. The van der Waals surface area contributed by atoms with Gasteiger partial charge in [0.05, 0.1) is 12.7 Å². The molecule has 2 fully saturated rings. The predicted octanol–water partition coefficient (Wildman–Crippen LogP) is 0.651. The van der Waals surface area contributed by atoms with Gasteiger partial charge in [-0.2, -0.15) is 0 Å². The van der Waals surface area contributed by atoms with Gasteiger partial charge < -0.3 is 19.3 Å². The van der Waals surface area contributed by atoms with E-state index in [1.807, 2.05) is 0 Å². The highest BCUT2D eigenvalue weighted by atomic mass is 16.5. The quantitative estimate of drug-likeness (QED) is 0.765. The van der Waals surface area contributed by atoms with Crippen LogP contribution in [0.4, 0.5) is 0 Å². The van der Waals surface area contributed by atoms with Gasteiger partial charge in [0.1, 0.15) is 6.10 Å². The normalized spacial score (nSPS) is 24.8. The summed E-state index contributed by atoms with van der Waals surface area (Å²) in [7, 11) is 0. The van der Waals surface area contributed by atoms with Crippen LogP contribution in [0.15, 0.2) is 0 Å². The van der Waals surface area contributed by atoms with Gasteiger partial charge in [-0.1, -0.05) is 0 Å². The van der Waals surface area contributed by atoms with Crippen molar-refractivity contribution < 1.29 is 19.1 Å². The van der Waals surface area contributed by atoms with E-state index in [-0.39, 0.29) is 17.9 Å². The zero-order valence-electron chi connectivity index (χ0n) is 13.0. The van der Waals surface area contributed by atoms with Crippen molar-refractivity contribution in [1.82, 2.24) is 9.80 Å². The molecule has 0 aromatic rings. The summed E-state index contributed by atoms with van der Waals surface area (Å²) in [5.74, 6) is 0.0786. The highest BCUT2D eigenvalue weighted by molar-refractivity contribution is 5.81. The number of hydrogen-bond acceptors (Lipinski definition) is 4. The second-order valence-corrected chi connectivity index (χ2v) is 5.80. The lowest BCUT2D eigenvalue weighted by Gasteiger charge is -2.35. The number of rotatable bonds is 4. The Balaban J connectivity index is 1.71. The Labute approximate surface area is 126 Å². The van der Waals surface area contributed by atoms with Crippen LogP contribution in [0, 0.1) is 0 Å². The molecular weight excluding hydrogens is 272 g/mol. The Morgan fingerprint density at radius 3 is 2.43 bits per heavy atom. The Bertz CT molecular complexity index is 361. The monoisotopic (exact) mass is 298 g/mol. The number of amides is 2. The molecule has 2 atom stereocenters. The summed E-state index contributed by atoms with van der Waals surface area (Å²) in [5, 5.41) is 0. The van der Waals surface area contributed by atoms with E-state index in [0.29, 0.717) is 32.8 Å². The first-order valence-electron chi connectivity index (χ1n) is 7.85. The molecule has 0 radical (unpaired) electrons. The van der Waals surface area contributed by atoms with Gasteiger partial charge in [-0.3, -0.25) is 9.59 Å². The number of hydrogen-bond donors (Lipinski definition) is 0. The molecule has 0 N–H and O–H groups in total. The second kappa shape index (κ2) is 7.75. The van der Waals surface area contributed by atoms with E-state index < -0.39 is 6.10 Å². The predicted molar refractivity (Wildman–Crippen MR) is 77.8 cm³/mol. The first kappa shape index (κ1) is 16.2. The summed E-state index contributed by atoms with van der Waals surface area (Å²) < 4.78 is 11.3. The molecule has 0 spiro atoms. The number of nitrogens with zero attached hydrogens (tertiary/aromatic N) is 2. The van der Waals surface area contributed by atoms with Crippen LogP contribution in [0.1, 0.15) is 33.1 Å². The van der Waals surface area contributed by atoms with Crippen LogP contribution in [-0.2, 0) is 19.1 Å². The van der Waals surface area contributed by atoms with E-state index in [1.165, 1.54) is 6.42 Å². The minimum atomic E-state index is -0.445. The Morgan fingerprint density at radius 2 is 1.86 bits per heavy atom. The molecule has 0 bridgehead atoms. The lowest BCUT2D eigenvalue weighted by atomic mass is 10.1. The third kappa shape index (κ3) is 4.68. The maximum Gasteiger partial charge on any atom is 0.251 e. The molecule has 0 aliphatic carbocycles. The van der Waals surface area contributed by atoms with Gasteiger partial charge in [0.2, 0.25) is 5.91 Å². The van der Waals surface area contributed by atoms with Crippen LogP contribution in [0.3, 0.4) is 0 Å². The average molecular weight is 298 g/mol. The van der Waals surface area contributed by atoms with Gasteiger partial charge >= 0.3 is 0 Å². The highest BCUT2D eigenvalue weighted by Crippen LogP contribution is 2.14. The molecule has 6 heteroatoms. The molecule has 2 heterocycles. The van der Waals surface area contributed by atoms with Crippen LogP contribution in [0.5, 0.6) is 0 Å². The van der Waals surface area contributed by atoms with E-state index in [2.05, 4.69) is 0 Å². The van der Waals surface area contributed by atoms with Crippen LogP contribution in [-0.4, -0.2) is 73.2 Å². The van der Waals surface area contributed by atoms with Crippen molar-refractivity contribution in [3.63, 3.8) is 0 Å². The maximum absolute atomic E-state index is 12.3. The van der Waals surface area contributed by atoms with Gasteiger partial charge in [-0.25, -0.2) is 0 Å². The van der Waals surface area contributed by atoms with Crippen LogP contribution < -0.4 is 0 Å². The molecule has 2 rings (SSSR count). The molecule has 2 saturated heterocycles. The third-order valence-corrected chi connectivity index (χ3v) is 4.19. The number of carbonyl (C=O) groups is 2. The van der Waals surface area contributed by atoms with E-state index in [0.717, 1.165) is 19.4 Å². The second-order valence-electron chi connectivity index (χ2n) is 5.80. The van der Waals surface area contributed by atoms with Crippen molar-refractivity contribution in [1.29, 1.82) is 0 Å². The molecule has 2 unspecified atom stereocenters. The summed E-state index contributed by atoms with van der Waals surface area (Å²) >= 11 is 0. The number of carbonyl (C=O) groups excluding carboxylic acids is 2. The number of piperazine rings is 1. The van der Waals surface area contributed by atoms with Gasteiger partial charge in [0, 0.05) is 39.7 Å². The highest BCUT2D eigenvalue weighted by Gasteiger charge is 2.27.